The van der Waals surface area contributed by atoms with Crippen LogP contribution >= 0.6 is 0 Å². The number of guanidine groups is 1. The van der Waals surface area contributed by atoms with Crippen LogP contribution in [0.3, 0.4) is 0 Å². The molecule has 0 aliphatic rings. The van der Waals surface area contributed by atoms with E-state index in [1.807, 2.05) is 41.7 Å². The van der Waals surface area contributed by atoms with Crippen LogP contribution in [0.5, 0.6) is 0 Å². The summed E-state index contributed by atoms with van der Waals surface area (Å²) in [6.07, 6.45) is 0.350. The van der Waals surface area contributed by atoms with Crippen LogP contribution in [0.15, 0.2) is 36.4 Å². The van der Waals surface area contributed by atoms with Gasteiger partial charge in [0.25, 0.3) is 0 Å². The molecule has 1 aromatic rings. The van der Waals surface area contributed by atoms with E-state index >= 15 is 0 Å². The fourth-order valence-electron chi connectivity index (χ4n) is 0.448. The molecular weight excluding hydrogens is 177 g/mol. The van der Waals surface area contributed by atoms with E-state index in [1.54, 1.807) is 0 Å². The molecule has 0 aliphatic heterocycles. The van der Waals surface area contributed by atoms with Crippen molar-refractivity contribution in [3.05, 3.63) is 36.4 Å². The number of carbonyl (C=O) groups is 1. The van der Waals surface area contributed by atoms with Gasteiger partial charge in [-0.25, -0.2) is 0 Å². The summed E-state index contributed by atoms with van der Waals surface area (Å²) in [5.41, 5.74) is 4.64. The Morgan fingerprint density at radius 2 is 1.46 bits per heavy atom. The van der Waals surface area contributed by atoms with Crippen LogP contribution in [-0.4, -0.2) is 41.9 Å². The Balaban J connectivity index is 0. The first-order valence-electron chi connectivity index (χ1n) is 3.31. The minimum atomic E-state index is -0.329. The zero-order valence-electron chi connectivity index (χ0n) is 6.53. The van der Waals surface area contributed by atoms with Crippen molar-refractivity contribution in [2.75, 3.05) is 0 Å². The van der Waals surface area contributed by atoms with Crippen molar-refractivity contribution in [1.82, 2.24) is 5.32 Å². The summed E-state index contributed by atoms with van der Waals surface area (Å²) in [5, 5.41) is 8.22. The summed E-state index contributed by atoms with van der Waals surface area (Å²) < 4.78 is 0. The first-order valence-corrected chi connectivity index (χ1v) is 3.31. The number of hydrogen-bond donors (Lipinski definition) is 3. The summed E-state index contributed by atoms with van der Waals surface area (Å²) in [6, 6.07) is 12.0. The summed E-state index contributed by atoms with van der Waals surface area (Å²) in [5.74, 6) is -0.329. The van der Waals surface area contributed by atoms with Gasteiger partial charge in [0, 0.05) is 0 Å². The number of nitrogens with two attached hydrogens (primary N) is 1. The van der Waals surface area contributed by atoms with Crippen molar-refractivity contribution in [2.45, 2.75) is 0 Å². The van der Waals surface area contributed by atoms with Gasteiger partial charge in [-0.1, -0.05) is 36.4 Å². The molecular formula is C8H12N3NaO. The largest absolute Gasteiger partial charge is 0.0623 e. The predicted octanol–water partition coefficient (Wildman–Crippen LogP) is -0.336. The Bertz CT molecular complexity index is 201. The van der Waals surface area contributed by atoms with Gasteiger partial charge in [-0.05, 0) is 0 Å². The molecule has 1 amide bonds. The molecule has 1 aromatic carbocycles. The van der Waals surface area contributed by atoms with Gasteiger partial charge in [0.2, 0.25) is 6.41 Å². The molecule has 0 heterocycles. The van der Waals surface area contributed by atoms with Gasteiger partial charge in [0.1, 0.15) is 0 Å². The molecule has 4 N–H and O–H groups in total. The molecule has 1 rings (SSSR count). The van der Waals surface area contributed by atoms with Crippen LogP contribution < -0.4 is 11.1 Å². The summed E-state index contributed by atoms with van der Waals surface area (Å²) >= 11 is 0. The Morgan fingerprint density at radius 3 is 1.54 bits per heavy atom. The maximum atomic E-state index is 9.28. The summed E-state index contributed by atoms with van der Waals surface area (Å²) in [7, 11) is 0. The molecule has 0 radical (unpaired) electrons. The topological polar surface area (TPSA) is 79.0 Å². The monoisotopic (exact) mass is 189 g/mol. The van der Waals surface area contributed by atoms with E-state index < -0.39 is 0 Å². The van der Waals surface area contributed by atoms with Crippen molar-refractivity contribution in [3.8, 4) is 0 Å². The van der Waals surface area contributed by atoms with Crippen LogP contribution in [0.4, 0.5) is 0 Å². The molecule has 5 heteroatoms. The summed E-state index contributed by atoms with van der Waals surface area (Å²) in [4.78, 5) is 9.28. The Kier molecular flexibility index (Phi) is 12.6. The van der Waals surface area contributed by atoms with Crippen LogP contribution in [0.1, 0.15) is 0 Å². The number of benzene rings is 1. The van der Waals surface area contributed by atoms with E-state index in [-0.39, 0.29) is 35.5 Å². The van der Waals surface area contributed by atoms with E-state index in [4.69, 9.17) is 5.41 Å². The Labute approximate surface area is 99.3 Å². The average Bonchev–Trinajstić information content (AvgIpc) is 2.08. The molecule has 4 nitrogen and oxygen atoms in total. The van der Waals surface area contributed by atoms with Crippen molar-refractivity contribution >= 4 is 41.9 Å². The van der Waals surface area contributed by atoms with E-state index in [2.05, 4.69) is 5.73 Å². The van der Waals surface area contributed by atoms with E-state index in [9.17, 15) is 4.79 Å². The third kappa shape index (κ3) is 14.1. The maximum absolute atomic E-state index is 9.28. The van der Waals surface area contributed by atoms with Crippen molar-refractivity contribution < 1.29 is 4.79 Å². The van der Waals surface area contributed by atoms with Crippen LogP contribution in [-0.2, 0) is 4.79 Å². The molecule has 66 valence electrons. The first kappa shape index (κ1) is 14.7. The van der Waals surface area contributed by atoms with E-state index in [0.29, 0.717) is 6.41 Å². The van der Waals surface area contributed by atoms with E-state index in [1.165, 1.54) is 0 Å². The number of nitrogens with one attached hydrogen (secondary N) is 2. The van der Waals surface area contributed by atoms with Gasteiger partial charge in [0.05, 0.1) is 0 Å². The van der Waals surface area contributed by atoms with Crippen LogP contribution in [0, 0.1) is 5.41 Å². The standard InChI is InChI=1S/C6H6.C2H5N3O.Na.H/c1-2-4-6-5-3-1;3-2(4)5-1-6;;/h1-6H;1H,(H4,3,4,5,6);;. The number of rotatable bonds is 1. The molecule has 0 bridgehead atoms. The quantitative estimate of drug-likeness (QED) is 0.244. The Hall–Kier alpha value is -0.840. The van der Waals surface area contributed by atoms with Gasteiger partial charge < -0.3 is 5.73 Å². The summed E-state index contributed by atoms with van der Waals surface area (Å²) in [6.45, 7) is 0. The average molecular weight is 189 g/mol. The van der Waals surface area contributed by atoms with Crippen LogP contribution in [0.2, 0.25) is 0 Å². The zero-order valence-corrected chi connectivity index (χ0v) is 6.53. The van der Waals surface area contributed by atoms with Gasteiger partial charge >= 0.3 is 29.6 Å². The molecule has 0 atom stereocenters. The van der Waals surface area contributed by atoms with Crippen molar-refractivity contribution in [2.24, 2.45) is 5.73 Å². The molecule has 0 unspecified atom stereocenters. The number of amides is 1. The van der Waals surface area contributed by atoms with Crippen molar-refractivity contribution in [3.63, 3.8) is 0 Å². The Morgan fingerprint density at radius 1 is 1.15 bits per heavy atom. The molecule has 0 aromatic heterocycles. The third-order valence-corrected chi connectivity index (χ3v) is 0.881. The second kappa shape index (κ2) is 11.2. The smallest absolute Gasteiger partial charge is 0.0623 e. The predicted molar refractivity (Wildman–Crippen MR) is 54.7 cm³/mol. The minimum absolute atomic E-state index is 0. The number of carbonyl (C=O) groups excluding carboxylic acids is 1. The normalized spacial score (nSPS) is 6.77. The van der Waals surface area contributed by atoms with Gasteiger partial charge in [-0.15, -0.1) is 0 Å². The molecule has 0 saturated carbocycles. The fourth-order valence-corrected chi connectivity index (χ4v) is 0.448. The first-order chi connectivity index (χ1) is 5.77. The molecule has 0 fully saturated rings. The third-order valence-electron chi connectivity index (χ3n) is 0.881. The second-order valence-electron chi connectivity index (χ2n) is 1.83. The SMILES string of the molecule is N=C(N)NC=O.[NaH].c1ccccc1. The van der Waals surface area contributed by atoms with Gasteiger partial charge in [-0.2, -0.15) is 0 Å². The second-order valence-corrected chi connectivity index (χ2v) is 1.83. The van der Waals surface area contributed by atoms with Gasteiger partial charge in [0.15, 0.2) is 5.96 Å². The molecule has 0 spiro atoms. The van der Waals surface area contributed by atoms with Gasteiger partial charge in [-0.3, -0.25) is 15.5 Å². The molecule has 0 saturated heterocycles. The van der Waals surface area contributed by atoms with Crippen molar-refractivity contribution in [1.29, 1.82) is 5.41 Å². The molecule has 0 aliphatic carbocycles. The van der Waals surface area contributed by atoms with E-state index in [0.717, 1.165) is 0 Å². The van der Waals surface area contributed by atoms with Crippen LogP contribution in [0.25, 0.3) is 0 Å². The fraction of sp³-hybridized carbons (Fsp3) is 0. The minimum Gasteiger partial charge on any atom is -0.0623 e. The number of hydrogen-bond acceptors (Lipinski definition) is 2. The maximum Gasteiger partial charge on any atom is -0.0623 e. The molecule has 13 heavy (non-hydrogen) atoms. The zero-order chi connectivity index (χ0) is 9.23.